The minimum atomic E-state index is -1.52. The Kier molecular flexibility index (Phi) is 5.29. The number of aromatic amines is 1. The van der Waals surface area contributed by atoms with Gasteiger partial charge in [0.2, 0.25) is 0 Å². The van der Waals surface area contributed by atoms with Gasteiger partial charge in [-0.15, -0.1) is 0 Å². The zero-order valence-electron chi connectivity index (χ0n) is 15.0. The Morgan fingerprint density at radius 1 is 1.44 bits per heavy atom. The molecule has 1 aliphatic rings. The predicted octanol–water partition coefficient (Wildman–Crippen LogP) is 2.27. The van der Waals surface area contributed by atoms with E-state index in [1.165, 1.54) is 13.8 Å². The molecule has 27 heavy (non-hydrogen) atoms. The Balaban J connectivity index is 1.99. The first kappa shape index (κ1) is 19.4. The highest BCUT2D eigenvalue weighted by molar-refractivity contribution is 9.10. The molecule has 1 aliphatic heterocycles. The van der Waals surface area contributed by atoms with Crippen LogP contribution in [0.15, 0.2) is 16.9 Å². The molecule has 1 unspecified atom stereocenters. The summed E-state index contributed by atoms with van der Waals surface area (Å²) in [5.74, 6) is -0.529. The number of carboxylic acid groups (broad SMARTS) is 1. The van der Waals surface area contributed by atoms with Gasteiger partial charge in [-0.25, -0.2) is 9.78 Å². The van der Waals surface area contributed by atoms with Gasteiger partial charge >= 0.3 is 6.09 Å². The number of rotatable bonds is 4. The number of amides is 2. The molecule has 0 spiro atoms. The van der Waals surface area contributed by atoms with E-state index in [4.69, 9.17) is 5.11 Å². The SMILES string of the molecule is CC(C)(O)C(=O)Nc1c[nH]c2ncc(Br)c(N3CCCC(NC(=O)O)C3)c12. The van der Waals surface area contributed by atoms with Crippen LogP contribution in [0.25, 0.3) is 11.0 Å². The number of fused-ring (bicyclic) bond motifs is 1. The van der Waals surface area contributed by atoms with Crippen molar-refractivity contribution in [2.45, 2.75) is 38.3 Å². The normalized spacial score (nSPS) is 17.8. The van der Waals surface area contributed by atoms with Gasteiger partial charge in [0.25, 0.3) is 5.91 Å². The van der Waals surface area contributed by atoms with Crippen molar-refractivity contribution in [3.63, 3.8) is 0 Å². The summed E-state index contributed by atoms with van der Waals surface area (Å²) in [5.41, 5.74) is 0.399. The fraction of sp³-hybridized carbons (Fsp3) is 0.471. The molecule has 0 aromatic carbocycles. The summed E-state index contributed by atoms with van der Waals surface area (Å²) >= 11 is 3.53. The largest absolute Gasteiger partial charge is 0.465 e. The summed E-state index contributed by atoms with van der Waals surface area (Å²) < 4.78 is 0.740. The molecule has 9 nitrogen and oxygen atoms in total. The fourth-order valence-corrected chi connectivity index (χ4v) is 3.76. The topological polar surface area (TPSA) is 131 Å². The number of carbonyl (C=O) groups excluding carboxylic acids is 1. The Hall–Kier alpha value is -2.33. The molecule has 0 aliphatic carbocycles. The highest BCUT2D eigenvalue weighted by Gasteiger charge is 2.28. The highest BCUT2D eigenvalue weighted by atomic mass is 79.9. The summed E-state index contributed by atoms with van der Waals surface area (Å²) in [6, 6.07) is -0.181. The molecular formula is C17H22BrN5O4. The summed E-state index contributed by atoms with van der Waals surface area (Å²) in [6.45, 7) is 4.09. The molecule has 2 aromatic heterocycles. The average Bonchev–Trinajstić information content (AvgIpc) is 2.96. The molecule has 1 fully saturated rings. The van der Waals surface area contributed by atoms with Gasteiger partial charge < -0.3 is 30.7 Å². The number of pyridine rings is 1. The van der Waals surface area contributed by atoms with Crippen LogP contribution in [0.4, 0.5) is 16.2 Å². The number of nitrogens with zero attached hydrogens (tertiary/aromatic N) is 2. The second-order valence-corrected chi connectivity index (χ2v) is 7.98. The molecule has 0 saturated carbocycles. The maximum Gasteiger partial charge on any atom is 0.404 e. The van der Waals surface area contributed by atoms with Crippen molar-refractivity contribution in [1.82, 2.24) is 15.3 Å². The number of aliphatic hydroxyl groups is 1. The zero-order valence-corrected chi connectivity index (χ0v) is 16.6. The van der Waals surface area contributed by atoms with E-state index in [1.54, 1.807) is 12.4 Å². The van der Waals surface area contributed by atoms with E-state index in [1.807, 2.05) is 0 Å². The van der Waals surface area contributed by atoms with Crippen molar-refractivity contribution in [2.24, 2.45) is 0 Å². The quantitative estimate of drug-likeness (QED) is 0.496. The Labute approximate surface area is 164 Å². The van der Waals surface area contributed by atoms with E-state index in [0.29, 0.717) is 23.3 Å². The van der Waals surface area contributed by atoms with Gasteiger partial charge in [-0.1, -0.05) is 0 Å². The van der Waals surface area contributed by atoms with Crippen molar-refractivity contribution in [2.75, 3.05) is 23.3 Å². The number of carbonyl (C=O) groups is 2. The van der Waals surface area contributed by atoms with Gasteiger partial charge in [-0.3, -0.25) is 4.79 Å². The van der Waals surface area contributed by atoms with Crippen LogP contribution < -0.4 is 15.5 Å². The van der Waals surface area contributed by atoms with Gasteiger partial charge in [-0.05, 0) is 42.6 Å². The first-order valence-electron chi connectivity index (χ1n) is 8.60. The zero-order chi connectivity index (χ0) is 19.8. The molecule has 1 saturated heterocycles. The van der Waals surface area contributed by atoms with E-state index < -0.39 is 17.6 Å². The predicted molar refractivity (Wildman–Crippen MR) is 105 cm³/mol. The Morgan fingerprint density at radius 2 is 2.19 bits per heavy atom. The third-order valence-corrected chi connectivity index (χ3v) is 5.08. The number of aromatic nitrogens is 2. The summed E-state index contributed by atoms with van der Waals surface area (Å²) in [5, 5.41) is 24.9. The molecule has 0 bridgehead atoms. The van der Waals surface area contributed by atoms with Crippen molar-refractivity contribution in [3.8, 4) is 0 Å². The van der Waals surface area contributed by atoms with Crippen LogP contribution in [-0.4, -0.2) is 56.9 Å². The van der Waals surface area contributed by atoms with Crippen LogP contribution in [0.3, 0.4) is 0 Å². The third kappa shape index (κ3) is 4.16. The number of halogens is 1. The molecule has 3 heterocycles. The van der Waals surface area contributed by atoms with Crippen LogP contribution >= 0.6 is 15.9 Å². The molecular weight excluding hydrogens is 418 g/mol. The number of anilines is 2. The van der Waals surface area contributed by atoms with E-state index in [-0.39, 0.29) is 6.04 Å². The summed E-state index contributed by atoms with van der Waals surface area (Å²) in [4.78, 5) is 32.7. The van der Waals surface area contributed by atoms with Gasteiger partial charge in [0.1, 0.15) is 11.2 Å². The van der Waals surface area contributed by atoms with E-state index in [9.17, 15) is 14.7 Å². The summed E-state index contributed by atoms with van der Waals surface area (Å²) in [6.07, 6.45) is 3.86. The number of piperidine rings is 1. The maximum absolute atomic E-state index is 12.2. The van der Waals surface area contributed by atoms with E-state index >= 15 is 0 Å². The van der Waals surface area contributed by atoms with Gasteiger partial charge in [0.15, 0.2) is 0 Å². The number of H-pyrrole nitrogens is 1. The molecule has 2 amide bonds. The molecule has 1 atom stereocenters. The fourth-order valence-electron chi connectivity index (χ4n) is 3.21. The smallest absolute Gasteiger partial charge is 0.404 e. The number of nitrogens with one attached hydrogen (secondary N) is 3. The molecule has 0 radical (unpaired) electrons. The third-order valence-electron chi connectivity index (χ3n) is 4.50. The highest BCUT2D eigenvalue weighted by Crippen LogP contribution is 2.39. The average molecular weight is 440 g/mol. The van der Waals surface area contributed by atoms with E-state index in [0.717, 1.165) is 29.5 Å². The lowest BCUT2D eigenvalue weighted by molar-refractivity contribution is -0.130. The van der Waals surface area contributed by atoms with Crippen molar-refractivity contribution >= 4 is 50.3 Å². The second kappa shape index (κ2) is 7.35. The number of hydrogen-bond donors (Lipinski definition) is 5. The maximum atomic E-state index is 12.2. The van der Waals surface area contributed by atoms with Gasteiger partial charge in [0.05, 0.1) is 21.2 Å². The van der Waals surface area contributed by atoms with Crippen LogP contribution in [-0.2, 0) is 4.79 Å². The first-order valence-corrected chi connectivity index (χ1v) is 9.40. The minimum absolute atomic E-state index is 0.181. The monoisotopic (exact) mass is 439 g/mol. The summed E-state index contributed by atoms with van der Waals surface area (Å²) in [7, 11) is 0. The lowest BCUT2D eigenvalue weighted by atomic mass is 10.0. The molecule has 146 valence electrons. The van der Waals surface area contributed by atoms with Gasteiger partial charge in [0, 0.05) is 31.5 Å². The first-order chi connectivity index (χ1) is 12.7. The van der Waals surface area contributed by atoms with Crippen LogP contribution in [0, 0.1) is 0 Å². The molecule has 3 rings (SSSR count). The molecule has 5 N–H and O–H groups in total. The van der Waals surface area contributed by atoms with Crippen LogP contribution in [0.5, 0.6) is 0 Å². The standard InChI is InChI=1S/C17H22BrN5O4/c1-17(2,27)15(24)22-11-7-20-14-12(11)13(10(18)6-19-14)23-5-3-4-9(8-23)21-16(25)26/h6-7,9,21,27H,3-5,8H2,1-2H3,(H,19,20)(H,22,24)(H,25,26). The minimum Gasteiger partial charge on any atom is -0.465 e. The molecule has 2 aromatic rings. The molecule has 10 heteroatoms. The lowest BCUT2D eigenvalue weighted by Crippen LogP contribution is -2.47. The van der Waals surface area contributed by atoms with Crippen LogP contribution in [0.2, 0.25) is 0 Å². The van der Waals surface area contributed by atoms with Gasteiger partial charge in [-0.2, -0.15) is 0 Å². The Morgan fingerprint density at radius 3 is 2.85 bits per heavy atom. The van der Waals surface area contributed by atoms with Crippen molar-refractivity contribution in [1.29, 1.82) is 0 Å². The second-order valence-electron chi connectivity index (χ2n) is 7.13. The van der Waals surface area contributed by atoms with Crippen molar-refractivity contribution in [3.05, 3.63) is 16.9 Å². The lowest BCUT2D eigenvalue weighted by Gasteiger charge is -2.35. The van der Waals surface area contributed by atoms with Crippen molar-refractivity contribution < 1.29 is 19.8 Å². The van der Waals surface area contributed by atoms with Crippen LogP contribution in [0.1, 0.15) is 26.7 Å². The Bertz CT molecular complexity index is 876. The van der Waals surface area contributed by atoms with E-state index in [2.05, 4.69) is 41.4 Å². The number of hydrogen-bond acceptors (Lipinski definition) is 5.